The molecule has 0 N–H and O–H groups in total. The molecule has 0 spiro atoms. The van der Waals surface area contributed by atoms with Crippen LogP contribution in [0, 0.1) is 6.42 Å². The Balaban J connectivity index is 1.68. The van der Waals surface area contributed by atoms with Gasteiger partial charge < -0.3 is 9.64 Å². The first-order valence-corrected chi connectivity index (χ1v) is 13.2. The number of halogens is 1. The number of hydrogen-bond donors (Lipinski definition) is 0. The summed E-state index contributed by atoms with van der Waals surface area (Å²) < 4.78 is 5.70. The van der Waals surface area contributed by atoms with Crippen molar-refractivity contribution in [3.05, 3.63) is 61.0 Å². The molecule has 2 aromatic rings. The molecule has 6 nitrogen and oxygen atoms in total. The van der Waals surface area contributed by atoms with Gasteiger partial charge in [-0.2, -0.15) is 0 Å². The Morgan fingerprint density at radius 2 is 1.68 bits per heavy atom. The number of unbranched alkanes of at least 4 members (excludes halogenated alkanes) is 2. The summed E-state index contributed by atoms with van der Waals surface area (Å²) in [6.45, 7) is 2.05. The van der Waals surface area contributed by atoms with Crippen LogP contribution >= 0.6 is 15.9 Å². The minimum atomic E-state index is -0.413. The highest BCUT2D eigenvalue weighted by Gasteiger charge is 2.28. The van der Waals surface area contributed by atoms with Gasteiger partial charge in [0.05, 0.1) is 12.2 Å². The Labute approximate surface area is 212 Å². The molecule has 0 aliphatic carbocycles. The Morgan fingerprint density at radius 3 is 2.41 bits per heavy atom. The molecular weight excluding hydrogens is 494 g/mol. The third kappa shape index (κ3) is 7.57. The van der Waals surface area contributed by atoms with Gasteiger partial charge in [0.15, 0.2) is 0 Å². The maximum atomic E-state index is 13.4. The quantitative estimate of drug-likeness (QED) is 0.268. The number of hydrazine groups is 1. The van der Waals surface area contributed by atoms with Gasteiger partial charge in [-0.15, -0.1) is 0 Å². The van der Waals surface area contributed by atoms with Crippen molar-refractivity contribution in [3.8, 4) is 11.1 Å². The third-order valence-electron chi connectivity index (χ3n) is 5.96. The summed E-state index contributed by atoms with van der Waals surface area (Å²) in [5.74, 6) is 0.0865. The summed E-state index contributed by atoms with van der Waals surface area (Å²) in [5.41, 5.74) is 2.83. The molecule has 0 unspecified atom stereocenters. The zero-order chi connectivity index (χ0) is 24.2. The molecule has 1 aliphatic heterocycles. The van der Waals surface area contributed by atoms with Gasteiger partial charge in [-0.05, 0) is 43.7 Å². The Hall–Kier alpha value is -2.38. The number of benzene rings is 2. The van der Waals surface area contributed by atoms with E-state index in [1.54, 1.807) is 17.0 Å². The zero-order valence-corrected chi connectivity index (χ0v) is 21.6. The van der Waals surface area contributed by atoms with E-state index >= 15 is 0 Å². The molecule has 0 aromatic heterocycles. The second kappa shape index (κ2) is 14.1. The summed E-state index contributed by atoms with van der Waals surface area (Å²) in [5, 5.41) is 4.70. The van der Waals surface area contributed by atoms with Crippen molar-refractivity contribution in [1.29, 1.82) is 0 Å². The van der Waals surface area contributed by atoms with E-state index in [2.05, 4.69) is 27.4 Å². The monoisotopic (exact) mass is 528 g/mol. The third-order valence-corrected chi connectivity index (χ3v) is 6.52. The van der Waals surface area contributed by atoms with E-state index in [0.717, 1.165) is 67.3 Å². The summed E-state index contributed by atoms with van der Waals surface area (Å²) in [6, 6.07) is 18.0. The van der Waals surface area contributed by atoms with Gasteiger partial charge in [-0.1, -0.05) is 70.9 Å². The second-order valence-corrected chi connectivity index (χ2v) is 9.24. The van der Waals surface area contributed by atoms with E-state index in [1.807, 2.05) is 54.6 Å². The number of rotatable bonds is 11. The average Bonchev–Trinajstić information content (AvgIpc) is 2.88. The summed E-state index contributed by atoms with van der Waals surface area (Å²) in [6.07, 6.45) is 7.19. The van der Waals surface area contributed by atoms with Crippen molar-refractivity contribution in [2.45, 2.75) is 38.5 Å². The van der Waals surface area contributed by atoms with Crippen molar-refractivity contribution >= 4 is 33.6 Å². The first-order valence-electron chi connectivity index (χ1n) is 12.1. The fourth-order valence-electron chi connectivity index (χ4n) is 4.02. The van der Waals surface area contributed by atoms with E-state index in [1.165, 1.54) is 0 Å². The van der Waals surface area contributed by atoms with Crippen molar-refractivity contribution in [3.63, 3.8) is 0 Å². The molecule has 1 radical (unpaired) electrons. The molecule has 2 amide bonds. The Morgan fingerprint density at radius 1 is 0.971 bits per heavy atom. The van der Waals surface area contributed by atoms with Crippen LogP contribution in [0.25, 0.3) is 11.1 Å². The fraction of sp³-hybridized carbons (Fsp3) is 0.444. The number of alkyl halides is 1. The molecule has 0 bridgehead atoms. The largest absolute Gasteiger partial charge is 0.446 e. The van der Waals surface area contributed by atoms with Crippen LogP contribution in [0.2, 0.25) is 0 Å². The lowest BCUT2D eigenvalue weighted by molar-refractivity contribution is -0.130. The first-order chi connectivity index (χ1) is 16.6. The molecule has 183 valence electrons. The smallest absolute Gasteiger partial charge is 0.429 e. The molecule has 34 heavy (non-hydrogen) atoms. The highest BCUT2D eigenvalue weighted by Crippen LogP contribution is 2.33. The van der Waals surface area contributed by atoms with E-state index < -0.39 is 6.09 Å². The lowest BCUT2D eigenvalue weighted by Gasteiger charge is -2.37. The molecule has 3 rings (SSSR count). The number of hydrogen-bond acceptors (Lipinski definition) is 4. The van der Waals surface area contributed by atoms with Crippen molar-refractivity contribution in [2.24, 2.45) is 0 Å². The van der Waals surface area contributed by atoms with E-state index in [0.29, 0.717) is 13.0 Å². The van der Waals surface area contributed by atoms with E-state index in [-0.39, 0.29) is 12.5 Å². The summed E-state index contributed by atoms with van der Waals surface area (Å²) in [4.78, 5) is 27.4. The number of nitrogens with zero attached hydrogens (tertiary/aromatic N) is 3. The van der Waals surface area contributed by atoms with Crippen molar-refractivity contribution < 1.29 is 14.3 Å². The lowest BCUT2D eigenvalue weighted by Crippen LogP contribution is -2.50. The van der Waals surface area contributed by atoms with Crippen LogP contribution in [0.15, 0.2) is 54.6 Å². The van der Waals surface area contributed by atoms with Crippen LogP contribution in [-0.4, -0.2) is 60.5 Å². The first kappa shape index (κ1) is 26.2. The maximum absolute atomic E-state index is 13.4. The molecule has 1 fully saturated rings. The normalized spacial score (nSPS) is 13.9. The Kier molecular flexibility index (Phi) is 10.9. The Bertz CT molecular complexity index is 903. The predicted molar refractivity (Wildman–Crippen MR) is 141 cm³/mol. The number of anilines is 1. The maximum Gasteiger partial charge on any atom is 0.429 e. The molecular formula is C27H35BrN3O3. The SMILES string of the molecule is CN(CCOC(=O)N(c1ccccc1-c1ccccc1)N1CC[CH]CC1)C(=O)CCCCCBr. The molecule has 0 saturated carbocycles. The number of ether oxygens (including phenoxy) is 1. The van der Waals surface area contributed by atoms with Gasteiger partial charge >= 0.3 is 6.09 Å². The van der Waals surface area contributed by atoms with Gasteiger partial charge in [0.2, 0.25) is 5.91 Å². The van der Waals surface area contributed by atoms with Crippen molar-refractivity contribution in [2.75, 3.05) is 43.6 Å². The average molecular weight is 529 g/mol. The predicted octanol–water partition coefficient (Wildman–Crippen LogP) is 5.93. The number of piperidine rings is 1. The molecule has 7 heteroatoms. The number of carbonyl (C=O) groups is 2. The molecule has 1 saturated heterocycles. The topological polar surface area (TPSA) is 53.1 Å². The van der Waals surface area contributed by atoms with E-state index in [4.69, 9.17) is 4.74 Å². The minimum absolute atomic E-state index is 0.0865. The number of para-hydroxylation sites is 1. The number of likely N-dealkylation sites (N-methyl/N-ethyl adjacent to an activating group) is 1. The van der Waals surface area contributed by atoms with Crippen LogP contribution < -0.4 is 5.01 Å². The summed E-state index contributed by atoms with van der Waals surface area (Å²) in [7, 11) is 1.77. The van der Waals surface area contributed by atoms with Gasteiger partial charge in [0.1, 0.15) is 6.61 Å². The molecule has 1 aliphatic rings. The molecule has 0 atom stereocenters. The van der Waals surface area contributed by atoms with Gasteiger partial charge in [-0.3, -0.25) is 4.79 Å². The van der Waals surface area contributed by atoms with Crippen LogP contribution in [-0.2, 0) is 9.53 Å². The standard InChI is InChI=1S/C27H35BrN3O3/c1-29(26(32)17-7-3-10-18-28)21-22-34-27(33)31(30-19-11-4-12-20-30)25-16-9-8-15-24(25)23-13-5-2-6-14-23/h2,4-6,8-9,13-16H,3,7,10-12,17-22H2,1H3. The van der Waals surface area contributed by atoms with Crippen LogP contribution in [0.3, 0.4) is 0 Å². The zero-order valence-electron chi connectivity index (χ0n) is 20.0. The van der Waals surface area contributed by atoms with Gasteiger partial charge in [-0.25, -0.2) is 14.8 Å². The van der Waals surface area contributed by atoms with E-state index in [9.17, 15) is 9.59 Å². The highest BCUT2D eigenvalue weighted by atomic mass is 79.9. The number of carbonyl (C=O) groups excluding carboxylic acids is 2. The lowest BCUT2D eigenvalue weighted by atomic mass is 10.0. The highest BCUT2D eigenvalue weighted by molar-refractivity contribution is 9.09. The fourth-order valence-corrected chi connectivity index (χ4v) is 4.41. The van der Waals surface area contributed by atoms with Crippen LogP contribution in [0.1, 0.15) is 38.5 Å². The van der Waals surface area contributed by atoms with Crippen LogP contribution in [0.5, 0.6) is 0 Å². The minimum Gasteiger partial charge on any atom is -0.446 e. The van der Waals surface area contributed by atoms with Crippen LogP contribution in [0.4, 0.5) is 10.5 Å². The summed E-state index contributed by atoms with van der Waals surface area (Å²) >= 11 is 3.42. The van der Waals surface area contributed by atoms with Crippen molar-refractivity contribution in [1.82, 2.24) is 9.91 Å². The second-order valence-electron chi connectivity index (χ2n) is 8.44. The molecule has 1 heterocycles. The number of amides is 2. The van der Waals surface area contributed by atoms with Gasteiger partial charge in [0.25, 0.3) is 0 Å². The van der Waals surface area contributed by atoms with Gasteiger partial charge in [0, 0.05) is 37.5 Å². The molecule has 2 aromatic carbocycles.